The molecule has 0 aliphatic carbocycles. The maximum atomic E-state index is 12.0. The maximum Gasteiger partial charge on any atom is 0.341 e. The van der Waals surface area contributed by atoms with Crippen LogP contribution in [-0.4, -0.2) is 29.2 Å². The number of nitrogens with one attached hydrogen (secondary N) is 1. The summed E-state index contributed by atoms with van der Waals surface area (Å²) in [5.41, 5.74) is 0.403. The summed E-state index contributed by atoms with van der Waals surface area (Å²) in [6.07, 6.45) is 1.68. The van der Waals surface area contributed by atoms with Crippen LogP contribution in [0.15, 0.2) is 35.5 Å². The van der Waals surface area contributed by atoms with Crippen LogP contribution in [0.1, 0.15) is 22.2 Å². The summed E-state index contributed by atoms with van der Waals surface area (Å²) in [4.78, 5) is 29.0. The fraction of sp³-hybridized carbons (Fsp3) is 0.267. The number of thioether (sulfide) groups is 1. The largest absolute Gasteiger partial charge is 0.462 e. The summed E-state index contributed by atoms with van der Waals surface area (Å²) in [6, 6.07) is 7.26. The average Bonchev–Trinajstić information content (AvgIpc) is 2.87. The van der Waals surface area contributed by atoms with Crippen LogP contribution in [0.3, 0.4) is 0 Å². The topological polar surface area (TPSA) is 68.3 Å². The summed E-state index contributed by atoms with van der Waals surface area (Å²) >= 11 is 2.71. The standard InChI is InChI=1S/C15H16N2O3S2/c1-3-20-15(19)11-8-10(2)22-14(11)17-12(18)9-21-13-6-4-5-7-16-13/h4-8H,3,9H2,1-2H3,(H,17,18). The van der Waals surface area contributed by atoms with E-state index in [1.165, 1.54) is 23.1 Å². The van der Waals surface area contributed by atoms with Crippen LogP contribution in [0.5, 0.6) is 0 Å². The second-order valence-corrected chi connectivity index (χ2v) is 6.58. The summed E-state index contributed by atoms with van der Waals surface area (Å²) in [5, 5.41) is 4.08. The van der Waals surface area contributed by atoms with Crippen LogP contribution in [0.2, 0.25) is 0 Å². The lowest BCUT2D eigenvalue weighted by atomic mass is 10.3. The number of ether oxygens (including phenoxy) is 1. The van der Waals surface area contributed by atoms with Crippen molar-refractivity contribution in [2.75, 3.05) is 17.7 Å². The van der Waals surface area contributed by atoms with Crippen LogP contribution in [0.25, 0.3) is 0 Å². The Morgan fingerprint density at radius 2 is 2.23 bits per heavy atom. The van der Waals surface area contributed by atoms with Gasteiger partial charge in [-0.2, -0.15) is 0 Å². The number of aryl methyl sites for hydroxylation is 1. The summed E-state index contributed by atoms with van der Waals surface area (Å²) in [6.45, 7) is 3.93. The van der Waals surface area contributed by atoms with Gasteiger partial charge in [0.15, 0.2) is 0 Å². The van der Waals surface area contributed by atoms with Crippen molar-refractivity contribution in [1.82, 2.24) is 4.98 Å². The Morgan fingerprint density at radius 1 is 1.41 bits per heavy atom. The van der Waals surface area contributed by atoms with E-state index in [0.717, 1.165) is 9.90 Å². The number of esters is 1. The third kappa shape index (κ3) is 4.57. The maximum absolute atomic E-state index is 12.0. The van der Waals surface area contributed by atoms with Crippen LogP contribution in [-0.2, 0) is 9.53 Å². The molecule has 0 aromatic carbocycles. The number of anilines is 1. The molecule has 116 valence electrons. The molecule has 0 saturated carbocycles. The summed E-state index contributed by atoms with van der Waals surface area (Å²) in [7, 11) is 0. The van der Waals surface area contributed by atoms with Crippen LogP contribution < -0.4 is 5.32 Å². The van der Waals surface area contributed by atoms with Gasteiger partial charge < -0.3 is 10.1 Å². The molecule has 1 N–H and O–H groups in total. The molecule has 0 saturated heterocycles. The first-order chi connectivity index (χ1) is 10.6. The molecule has 22 heavy (non-hydrogen) atoms. The molecule has 0 aliphatic rings. The number of carbonyl (C=O) groups excluding carboxylic acids is 2. The Bertz CT molecular complexity index is 656. The molecular formula is C15H16N2O3S2. The molecule has 2 aromatic heterocycles. The van der Waals surface area contributed by atoms with Gasteiger partial charge in [-0.3, -0.25) is 4.79 Å². The number of rotatable bonds is 6. The Morgan fingerprint density at radius 3 is 2.91 bits per heavy atom. The molecule has 0 radical (unpaired) electrons. The minimum Gasteiger partial charge on any atom is -0.462 e. The zero-order chi connectivity index (χ0) is 15.9. The molecule has 0 bridgehead atoms. The molecule has 7 heteroatoms. The zero-order valence-electron chi connectivity index (χ0n) is 12.3. The fourth-order valence-electron chi connectivity index (χ4n) is 1.70. The van der Waals surface area contributed by atoms with Gasteiger partial charge >= 0.3 is 5.97 Å². The Balaban J connectivity index is 1.98. The lowest BCUT2D eigenvalue weighted by Crippen LogP contribution is -2.16. The third-order valence-corrected chi connectivity index (χ3v) is 4.50. The fourth-order valence-corrected chi connectivity index (χ4v) is 3.28. The van der Waals surface area contributed by atoms with Gasteiger partial charge in [0.2, 0.25) is 5.91 Å². The van der Waals surface area contributed by atoms with E-state index in [1.807, 2.05) is 25.1 Å². The second kappa shape index (κ2) is 7.95. The predicted octanol–water partition coefficient (Wildman–Crippen LogP) is 3.36. The highest BCUT2D eigenvalue weighted by Gasteiger charge is 2.17. The third-order valence-electron chi connectivity index (χ3n) is 2.59. The monoisotopic (exact) mass is 336 g/mol. The van der Waals surface area contributed by atoms with Crippen LogP contribution >= 0.6 is 23.1 Å². The quantitative estimate of drug-likeness (QED) is 0.647. The summed E-state index contributed by atoms with van der Waals surface area (Å²) < 4.78 is 4.99. The van der Waals surface area contributed by atoms with Gasteiger partial charge in [-0.05, 0) is 32.0 Å². The van der Waals surface area contributed by atoms with Crippen molar-refractivity contribution in [2.45, 2.75) is 18.9 Å². The molecular weight excluding hydrogens is 320 g/mol. The van der Waals surface area contributed by atoms with E-state index in [4.69, 9.17) is 4.74 Å². The molecule has 0 spiro atoms. The van der Waals surface area contributed by atoms with E-state index >= 15 is 0 Å². The smallest absolute Gasteiger partial charge is 0.341 e. The highest BCUT2D eigenvalue weighted by molar-refractivity contribution is 7.99. The molecule has 2 rings (SSSR count). The molecule has 2 aromatic rings. The SMILES string of the molecule is CCOC(=O)c1cc(C)sc1NC(=O)CSc1ccccn1. The molecule has 1 amide bonds. The number of thiophene rings is 1. The number of pyridine rings is 1. The van der Waals surface area contributed by atoms with E-state index in [-0.39, 0.29) is 11.7 Å². The van der Waals surface area contributed by atoms with Gasteiger partial charge in [0.25, 0.3) is 0 Å². The number of hydrogen-bond donors (Lipinski definition) is 1. The van der Waals surface area contributed by atoms with Gasteiger partial charge in [-0.1, -0.05) is 17.8 Å². The number of hydrogen-bond acceptors (Lipinski definition) is 6. The van der Waals surface area contributed by atoms with Crippen LogP contribution in [0.4, 0.5) is 5.00 Å². The molecule has 0 atom stereocenters. The Labute approximate surface area is 137 Å². The Hall–Kier alpha value is -1.86. The van der Waals surface area contributed by atoms with Crippen molar-refractivity contribution >= 4 is 40.0 Å². The van der Waals surface area contributed by atoms with E-state index in [0.29, 0.717) is 17.2 Å². The molecule has 2 heterocycles. The predicted molar refractivity (Wildman–Crippen MR) is 88.6 cm³/mol. The van der Waals surface area contributed by atoms with E-state index < -0.39 is 5.97 Å². The van der Waals surface area contributed by atoms with Gasteiger partial charge in [0.05, 0.1) is 22.9 Å². The van der Waals surface area contributed by atoms with Crippen molar-refractivity contribution in [3.63, 3.8) is 0 Å². The molecule has 5 nitrogen and oxygen atoms in total. The summed E-state index contributed by atoms with van der Waals surface area (Å²) in [5.74, 6) is -0.362. The number of nitrogens with zero attached hydrogens (tertiary/aromatic N) is 1. The second-order valence-electron chi connectivity index (χ2n) is 4.33. The van der Waals surface area contributed by atoms with E-state index in [9.17, 15) is 9.59 Å². The lowest BCUT2D eigenvalue weighted by molar-refractivity contribution is -0.113. The lowest BCUT2D eigenvalue weighted by Gasteiger charge is -2.05. The first-order valence-corrected chi connectivity index (χ1v) is 8.51. The molecule has 0 aliphatic heterocycles. The van der Waals surface area contributed by atoms with Crippen LogP contribution in [0, 0.1) is 6.92 Å². The minimum atomic E-state index is -0.417. The number of amides is 1. The van der Waals surface area contributed by atoms with E-state index in [1.54, 1.807) is 19.2 Å². The first-order valence-electron chi connectivity index (χ1n) is 6.71. The van der Waals surface area contributed by atoms with Crippen molar-refractivity contribution in [2.24, 2.45) is 0 Å². The van der Waals surface area contributed by atoms with Gasteiger partial charge in [0.1, 0.15) is 5.00 Å². The average molecular weight is 336 g/mol. The first kappa shape index (κ1) is 16.5. The van der Waals surface area contributed by atoms with Gasteiger partial charge in [-0.15, -0.1) is 11.3 Å². The Kier molecular flexibility index (Phi) is 5.97. The minimum absolute atomic E-state index is 0.178. The molecule has 0 unspecified atom stereocenters. The van der Waals surface area contributed by atoms with Gasteiger partial charge in [0, 0.05) is 11.1 Å². The highest BCUT2D eigenvalue weighted by atomic mass is 32.2. The zero-order valence-corrected chi connectivity index (χ0v) is 13.9. The number of carbonyl (C=O) groups is 2. The van der Waals surface area contributed by atoms with Crippen molar-refractivity contribution in [3.8, 4) is 0 Å². The highest BCUT2D eigenvalue weighted by Crippen LogP contribution is 2.28. The van der Waals surface area contributed by atoms with Crippen molar-refractivity contribution in [3.05, 3.63) is 40.9 Å². The number of aromatic nitrogens is 1. The molecule has 0 fully saturated rings. The normalized spacial score (nSPS) is 10.3. The van der Waals surface area contributed by atoms with Gasteiger partial charge in [-0.25, -0.2) is 9.78 Å². The van der Waals surface area contributed by atoms with Crippen molar-refractivity contribution < 1.29 is 14.3 Å². The van der Waals surface area contributed by atoms with E-state index in [2.05, 4.69) is 10.3 Å². The van der Waals surface area contributed by atoms with Crippen molar-refractivity contribution in [1.29, 1.82) is 0 Å².